The van der Waals surface area contributed by atoms with Crippen LogP contribution in [0.4, 0.5) is 0 Å². The zero-order valence-electron chi connectivity index (χ0n) is 10.8. The van der Waals surface area contributed by atoms with Crippen molar-refractivity contribution in [3.63, 3.8) is 0 Å². The van der Waals surface area contributed by atoms with Crippen molar-refractivity contribution in [1.82, 2.24) is 19.9 Å². The maximum absolute atomic E-state index is 6.13. The molecule has 0 aliphatic heterocycles. The first-order chi connectivity index (χ1) is 9.54. The largest absolute Gasteiger partial charge is 0.333 e. The highest BCUT2D eigenvalue weighted by Gasteiger charge is 2.16. The molecule has 0 atom stereocenters. The number of rotatable bonds is 2. The minimum Gasteiger partial charge on any atom is -0.333 e. The smallest absolute Gasteiger partial charge is 0.261 e. The molecule has 0 radical (unpaired) electrons. The Kier molecular flexibility index (Phi) is 3.23. The van der Waals surface area contributed by atoms with Gasteiger partial charge >= 0.3 is 0 Å². The number of aryl methyl sites for hydroxylation is 2. The minimum absolute atomic E-state index is 0.414. The van der Waals surface area contributed by atoms with E-state index in [9.17, 15) is 0 Å². The molecule has 20 heavy (non-hydrogen) atoms. The van der Waals surface area contributed by atoms with Crippen molar-refractivity contribution in [2.45, 2.75) is 6.92 Å². The highest BCUT2D eigenvalue weighted by Crippen LogP contribution is 2.30. The van der Waals surface area contributed by atoms with E-state index < -0.39 is 0 Å². The van der Waals surface area contributed by atoms with Crippen molar-refractivity contribution in [2.75, 3.05) is 0 Å². The van der Waals surface area contributed by atoms with Gasteiger partial charge in [0.2, 0.25) is 5.82 Å². The molecule has 0 spiro atoms. The first-order valence-corrected chi connectivity index (χ1v) is 6.60. The average molecular weight is 309 g/mol. The van der Waals surface area contributed by atoms with Crippen molar-refractivity contribution in [3.05, 3.63) is 40.1 Å². The monoisotopic (exact) mass is 308 g/mol. The maximum Gasteiger partial charge on any atom is 0.261 e. The third-order valence-corrected chi connectivity index (χ3v) is 3.39. The number of hydrogen-bond donors (Lipinski definition) is 0. The quantitative estimate of drug-likeness (QED) is 0.723. The normalized spacial score (nSPS) is 11.0. The predicted molar refractivity (Wildman–Crippen MR) is 76.7 cm³/mol. The fourth-order valence-electron chi connectivity index (χ4n) is 1.92. The molecule has 3 aromatic rings. The number of aromatic nitrogens is 4. The third-order valence-electron chi connectivity index (χ3n) is 2.84. The van der Waals surface area contributed by atoms with Gasteiger partial charge in [-0.15, -0.1) is 0 Å². The van der Waals surface area contributed by atoms with Crippen LogP contribution < -0.4 is 0 Å². The number of nitrogens with zero attached hydrogens (tertiary/aromatic N) is 4. The first kappa shape index (κ1) is 13.1. The van der Waals surface area contributed by atoms with E-state index in [1.165, 1.54) is 0 Å². The molecule has 2 heterocycles. The van der Waals surface area contributed by atoms with Gasteiger partial charge in [0, 0.05) is 23.8 Å². The second-order valence-electron chi connectivity index (χ2n) is 4.35. The van der Waals surface area contributed by atoms with E-state index in [4.69, 9.17) is 27.7 Å². The zero-order valence-corrected chi connectivity index (χ0v) is 12.3. The Bertz CT molecular complexity index is 779. The first-order valence-electron chi connectivity index (χ1n) is 5.84. The second-order valence-corrected chi connectivity index (χ2v) is 5.19. The van der Waals surface area contributed by atoms with Gasteiger partial charge in [-0.3, -0.25) is 4.68 Å². The fourth-order valence-corrected chi connectivity index (χ4v) is 2.42. The summed E-state index contributed by atoms with van der Waals surface area (Å²) in [4.78, 5) is 4.36. The van der Waals surface area contributed by atoms with Gasteiger partial charge < -0.3 is 4.52 Å². The molecule has 5 nitrogen and oxygen atoms in total. The molecule has 0 N–H and O–H groups in total. The van der Waals surface area contributed by atoms with Crippen LogP contribution in [0.15, 0.2) is 28.9 Å². The van der Waals surface area contributed by atoms with Crippen molar-refractivity contribution < 1.29 is 4.52 Å². The highest BCUT2D eigenvalue weighted by atomic mass is 35.5. The van der Waals surface area contributed by atoms with Crippen LogP contribution in [0, 0.1) is 6.92 Å². The molecule has 7 heteroatoms. The highest BCUT2D eigenvalue weighted by molar-refractivity contribution is 6.36. The molecule has 1 aromatic carbocycles. The number of hydrogen-bond acceptors (Lipinski definition) is 4. The molecule has 0 saturated heterocycles. The molecular weight excluding hydrogens is 299 g/mol. The van der Waals surface area contributed by atoms with E-state index in [0.717, 1.165) is 11.3 Å². The van der Waals surface area contributed by atoms with E-state index in [0.29, 0.717) is 27.3 Å². The third kappa shape index (κ3) is 2.30. The summed E-state index contributed by atoms with van der Waals surface area (Å²) in [6.07, 6.45) is 1.83. The molecule has 0 aliphatic carbocycles. The predicted octanol–water partition coefficient (Wildman–Crippen LogP) is 3.75. The lowest BCUT2D eigenvalue weighted by molar-refractivity contribution is 0.432. The molecular formula is C13H10Cl2N4O. The van der Waals surface area contributed by atoms with E-state index in [1.807, 2.05) is 20.2 Å². The standard InChI is InChI=1S/C13H10Cl2N4O/c1-7-10(6-19(2)17-7)13-16-12(18-20-13)9-4-3-8(14)5-11(9)15/h3-6H,1-2H3. The summed E-state index contributed by atoms with van der Waals surface area (Å²) in [5.74, 6) is 0.835. The van der Waals surface area contributed by atoms with Crippen LogP contribution in [-0.2, 0) is 7.05 Å². The van der Waals surface area contributed by atoms with E-state index in [2.05, 4.69) is 15.2 Å². The fraction of sp³-hybridized carbons (Fsp3) is 0.154. The summed E-state index contributed by atoms with van der Waals surface area (Å²) < 4.78 is 6.98. The molecule has 0 unspecified atom stereocenters. The van der Waals surface area contributed by atoms with Gasteiger partial charge in [-0.25, -0.2) is 0 Å². The van der Waals surface area contributed by atoms with Gasteiger partial charge in [0.1, 0.15) is 0 Å². The van der Waals surface area contributed by atoms with Gasteiger partial charge in [0.05, 0.1) is 16.3 Å². The van der Waals surface area contributed by atoms with E-state index in [1.54, 1.807) is 22.9 Å². The Morgan fingerprint density at radius 1 is 1.20 bits per heavy atom. The van der Waals surface area contributed by atoms with Crippen molar-refractivity contribution in [1.29, 1.82) is 0 Å². The molecule has 0 fully saturated rings. The van der Waals surface area contributed by atoms with Crippen molar-refractivity contribution >= 4 is 23.2 Å². The van der Waals surface area contributed by atoms with E-state index in [-0.39, 0.29) is 0 Å². The second kappa shape index (κ2) is 4.92. The van der Waals surface area contributed by atoms with Gasteiger partial charge in [-0.2, -0.15) is 10.1 Å². The molecule has 0 bridgehead atoms. The Balaban J connectivity index is 2.04. The van der Waals surface area contributed by atoms with Crippen LogP contribution in [0.3, 0.4) is 0 Å². The lowest BCUT2D eigenvalue weighted by Crippen LogP contribution is -1.86. The molecule has 0 aliphatic rings. The van der Waals surface area contributed by atoms with Gasteiger partial charge in [0.25, 0.3) is 5.89 Å². The van der Waals surface area contributed by atoms with Crippen molar-refractivity contribution in [2.24, 2.45) is 7.05 Å². The summed E-state index contributed by atoms with van der Waals surface area (Å²) in [5, 5.41) is 9.24. The van der Waals surface area contributed by atoms with Crippen LogP contribution in [0.5, 0.6) is 0 Å². The molecule has 0 saturated carbocycles. The van der Waals surface area contributed by atoms with Crippen LogP contribution in [-0.4, -0.2) is 19.9 Å². The number of benzene rings is 1. The lowest BCUT2D eigenvalue weighted by Gasteiger charge is -1.98. The number of halogens is 2. The Hall–Kier alpha value is -1.85. The summed E-state index contributed by atoms with van der Waals surface area (Å²) >= 11 is 12.0. The minimum atomic E-state index is 0.414. The molecule has 102 valence electrons. The molecule has 2 aromatic heterocycles. The Morgan fingerprint density at radius 3 is 2.65 bits per heavy atom. The maximum atomic E-state index is 6.13. The molecule has 3 rings (SSSR count). The summed E-state index contributed by atoms with van der Waals surface area (Å²) in [6.45, 7) is 1.88. The van der Waals surface area contributed by atoms with Gasteiger partial charge in [0.15, 0.2) is 0 Å². The Labute approximate surface area is 125 Å². The molecule has 0 amide bonds. The van der Waals surface area contributed by atoms with Crippen molar-refractivity contribution in [3.8, 4) is 22.8 Å². The van der Waals surface area contributed by atoms with Crippen LogP contribution >= 0.6 is 23.2 Å². The summed E-state index contributed by atoms with van der Waals surface area (Å²) in [6, 6.07) is 5.13. The lowest BCUT2D eigenvalue weighted by atomic mass is 10.2. The topological polar surface area (TPSA) is 56.7 Å². The van der Waals surface area contributed by atoms with Gasteiger partial charge in [-0.1, -0.05) is 28.4 Å². The van der Waals surface area contributed by atoms with E-state index >= 15 is 0 Å². The summed E-state index contributed by atoms with van der Waals surface area (Å²) in [7, 11) is 1.84. The summed E-state index contributed by atoms with van der Waals surface area (Å²) in [5.41, 5.74) is 2.30. The Morgan fingerprint density at radius 2 is 2.00 bits per heavy atom. The average Bonchev–Trinajstić information content (AvgIpc) is 2.96. The van der Waals surface area contributed by atoms with Gasteiger partial charge in [-0.05, 0) is 25.1 Å². The van der Waals surface area contributed by atoms with Crippen LogP contribution in [0.1, 0.15) is 5.69 Å². The van der Waals surface area contributed by atoms with Crippen LogP contribution in [0.2, 0.25) is 10.0 Å². The zero-order chi connectivity index (χ0) is 14.3. The SMILES string of the molecule is Cc1nn(C)cc1-c1nc(-c2ccc(Cl)cc2Cl)no1. The van der Waals surface area contributed by atoms with Crippen LogP contribution in [0.25, 0.3) is 22.8 Å².